The van der Waals surface area contributed by atoms with Crippen LogP contribution >= 0.6 is 11.5 Å². The molecule has 11 heavy (non-hydrogen) atoms. The first-order valence-corrected chi connectivity index (χ1v) is 4.62. The number of hydrogen-bond donors (Lipinski definition) is 1. The molecule has 1 aliphatic rings. The maximum absolute atomic E-state index is 5.86. The van der Waals surface area contributed by atoms with Gasteiger partial charge in [-0.3, -0.25) is 0 Å². The van der Waals surface area contributed by atoms with Gasteiger partial charge in [-0.1, -0.05) is 4.49 Å². The second kappa shape index (κ2) is 2.25. The maximum atomic E-state index is 5.86. The topological polar surface area (TPSA) is 51.8 Å². The summed E-state index contributed by atoms with van der Waals surface area (Å²) in [5.74, 6) is 0. The second-order valence-electron chi connectivity index (χ2n) is 3.23. The minimum Gasteiger partial charge on any atom is -0.327 e. The zero-order valence-electron chi connectivity index (χ0n) is 6.45. The van der Waals surface area contributed by atoms with Gasteiger partial charge in [0.1, 0.15) is 0 Å². The fourth-order valence-corrected chi connectivity index (χ4v) is 2.02. The fraction of sp³-hybridized carbons (Fsp3) is 0.714. The third-order valence-corrected chi connectivity index (χ3v) is 3.04. The average Bonchev–Trinajstić information content (AvgIpc) is 2.61. The van der Waals surface area contributed by atoms with Crippen molar-refractivity contribution in [1.29, 1.82) is 0 Å². The Morgan fingerprint density at radius 1 is 1.73 bits per heavy atom. The molecule has 0 spiro atoms. The number of hydrogen-bond acceptors (Lipinski definition) is 4. The quantitative estimate of drug-likeness (QED) is 0.716. The normalized spacial score (nSPS) is 23.1. The molecule has 1 fully saturated rings. The van der Waals surface area contributed by atoms with Gasteiger partial charge in [-0.2, -0.15) is 0 Å². The molecule has 0 aliphatic heterocycles. The largest absolute Gasteiger partial charge is 0.327 e. The summed E-state index contributed by atoms with van der Waals surface area (Å²) >= 11 is 1.41. The zero-order valence-corrected chi connectivity index (χ0v) is 7.27. The van der Waals surface area contributed by atoms with E-state index in [0.717, 1.165) is 5.69 Å². The SMILES string of the molecule is CC(N)C1(c2csnn2)CC1. The van der Waals surface area contributed by atoms with E-state index in [4.69, 9.17) is 5.73 Å². The molecule has 1 unspecified atom stereocenters. The Morgan fingerprint density at radius 3 is 2.82 bits per heavy atom. The van der Waals surface area contributed by atoms with E-state index in [1.54, 1.807) is 0 Å². The lowest BCUT2D eigenvalue weighted by molar-refractivity contribution is 0.541. The first-order chi connectivity index (χ1) is 5.26. The highest BCUT2D eigenvalue weighted by Gasteiger charge is 2.49. The van der Waals surface area contributed by atoms with Crippen molar-refractivity contribution in [2.75, 3.05) is 0 Å². The van der Waals surface area contributed by atoms with Gasteiger partial charge >= 0.3 is 0 Å². The van der Waals surface area contributed by atoms with Crippen molar-refractivity contribution in [1.82, 2.24) is 9.59 Å². The number of aromatic nitrogens is 2. The van der Waals surface area contributed by atoms with Gasteiger partial charge in [0.2, 0.25) is 0 Å². The first-order valence-electron chi connectivity index (χ1n) is 3.79. The summed E-state index contributed by atoms with van der Waals surface area (Å²) in [6.07, 6.45) is 2.35. The predicted octanol–water partition coefficient (Wildman–Crippen LogP) is 0.917. The molecule has 3 nitrogen and oxygen atoms in total. The van der Waals surface area contributed by atoms with Crippen LogP contribution in [0.25, 0.3) is 0 Å². The molecule has 4 heteroatoms. The molecule has 1 aromatic heterocycles. The summed E-state index contributed by atoms with van der Waals surface area (Å²) in [6.45, 7) is 2.05. The van der Waals surface area contributed by atoms with E-state index in [2.05, 4.69) is 9.59 Å². The van der Waals surface area contributed by atoms with E-state index in [1.807, 2.05) is 12.3 Å². The molecule has 0 radical (unpaired) electrons. The van der Waals surface area contributed by atoms with E-state index < -0.39 is 0 Å². The lowest BCUT2D eigenvalue weighted by Crippen LogP contribution is -2.31. The van der Waals surface area contributed by atoms with Gasteiger partial charge in [0, 0.05) is 16.8 Å². The molecule has 2 rings (SSSR count). The number of nitrogens with zero attached hydrogens (tertiary/aromatic N) is 2. The molecule has 0 aromatic carbocycles. The highest BCUT2D eigenvalue weighted by Crippen LogP contribution is 2.49. The van der Waals surface area contributed by atoms with Crippen LogP contribution < -0.4 is 5.73 Å². The lowest BCUT2D eigenvalue weighted by atomic mass is 9.96. The Morgan fingerprint density at radius 2 is 2.45 bits per heavy atom. The van der Waals surface area contributed by atoms with Crippen LogP contribution in [0.1, 0.15) is 25.5 Å². The molecule has 0 amide bonds. The molecule has 0 bridgehead atoms. The maximum Gasteiger partial charge on any atom is 0.0832 e. The van der Waals surface area contributed by atoms with E-state index in [0.29, 0.717) is 0 Å². The Bertz CT molecular complexity index is 238. The number of nitrogens with two attached hydrogens (primary N) is 1. The van der Waals surface area contributed by atoms with Gasteiger partial charge in [-0.05, 0) is 31.3 Å². The predicted molar refractivity (Wildman–Crippen MR) is 44.5 cm³/mol. The molecule has 1 saturated carbocycles. The highest BCUT2D eigenvalue weighted by atomic mass is 32.1. The van der Waals surface area contributed by atoms with Gasteiger partial charge in [-0.15, -0.1) is 5.10 Å². The summed E-state index contributed by atoms with van der Waals surface area (Å²) in [6, 6.07) is 0.214. The second-order valence-corrected chi connectivity index (χ2v) is 3.84. The van der Waals surface area contributed by atoms with Crippen LogP contribution in [0.3, 0.4) is 0 Å². The molecule has 1 atom stereocenters. The van der Waals surface area contributed by atoms with E-state index in [1.165, 1.54) is 24.4 Å². The Labute approximate surface area is 69.8 Å². The summed E-state index contributed by atoms with van der Waals surface area (Å²) in [4.78, 5) is 0. The van der Waals surface area contributed by atoms with Crippen molar-refractivity contribution in [3.8, 4) is 0 Å². The monoisotopic (exact) mass is 169 g/mol. The average molecular weight is 169 g/mol. The summed E-state index contributed by atoms with van der Waals surface area (Å²) in [5, 5.41) is 6.07. The van der Waals surface area contributed by atoms with Crippen molar-refractivity contribution in [2.45, 2.75) is 31.2 Å². The van der Waals surface area contributed by atoms with Crippen LogP contribution in [0.2, 0.25) is 0 Å². The summed E-state index contributed by atoms with van der Waals surface area (Å²) < 4.78 is 3.85. The number of rotatable bonds is 2. The van der Waals surface area contributed by atoms with E-state index in [9.17, 15) is 0 Å². The van der Waals surface area contributed by atoms with Crippen molar-refractivity contribution in [2.24, 2.45) is 5.73 Å². The minimum absolute atomic E-state index is 0.188. The first kappa shape index (κ1) is 7.18. The van der Waals surface area contributed by atoms with Crippen molar-refractivity contribution >= 4 is 11.5 Å². The Kier molecular flexibility index (Phi) is 1.47. The van der Waals surface area contributed by atoms with Gasteiger partial charge < -0.3 is 5.73 Å². The molecule has 60 valence electrons. The summed E-state index contributed by atoms with van der Waals surface area (Å²) in [5.41, 5.74) is 7.14. The zero-order chi connectivity index (χ0) is 7.90. The van der Waals surface area contributed by atoms with Crippen LogP contribution in [0, 0.1) is 0 Å². The Balaban J connectivity index is 2.29. The van der Waals surface area contributed by atoms with Gasteiger partial charge in [0.25, 0.3) is 0 Å². The van der Waals surface area contributed by atoms with Crippen molar-refractivity contribution in [3.63, 3.8) is 0 Å². The Hall–Kier alpha value is -0.480. The van der Waals surface area contributed by atoms with Crippen LogP contribution in [-0.2, 0) is 5.41 Å². The minimum atomic E-state index is 0.188. The van der Waals surface area contributed by atoms with Crippen LogP contribution in [0.5, 0.6) is 0 Å². The molecular formula is C7H11N3S. The van der Waals surface area contributed by atoms with Crippen molar-refractivity contribution in [3.05, 3.63) is 11.1 Å². The van der Waals surface area contributed by atoms with E-state index >= 15 is 0 Å². The van der Waals surface area contributed by atoms with Crippen LogP contribution in [0.4, 0.5) is 0 Å². The lowest BCUT2D eigenvalue weighted by Gasteiger charge is -2.15. The van der Waals surface area contributed by atoms with E-state index in [-0.39, 0.29) is 11.5 Å². The molecule has 1 heterocycles. The van der Waals surface area contributed by atoms with Gasteiger partial charge in [-0.25, -0.2) is 0 Å². The molecular weight excluding hydrogens is 158 g/mol. The smallest absolute Gasteiger partial charge is 0.0832 e. The third-order valence-electron chi connectivity index (χ3n) is 2.53. The molecule has 1 aromatic rings. The van der Waals surface area contributed by atoms with Gasteiger partial charge in [0.05, 0.1) is 5.69 Å². The highest BCUT2D eigenvalue weighted by molar-refractivity contribution is 7.03. The summed E-state index contributed by atoms with van der Waals surface area (Å²) in [7, 11) is 0. The molecule has 2 N–H and O–H groups in total. The molecule has 1 aliphatic carbocycles. The van der Waals surface area contributed by atoms with Crippen LogP contribution in [0.15, 0.2) is 5.38 Å². The van der Waals surface area contributed by atoms with Crippen molar-refractivity contribution < 1.29 is 0 Å². The van der Waals surface area contributed by atoms with Gasteiger partial charge in [0.15, 0.2) is 0 Å². The standard InChI is InChI=1S/C7H11N3S/c1-5(8)7(2-3-7)6-4-11-10-9-6/h4-5H,2-3,8H2,1H3. The fourth-order valence-electron chi connectivity index (χ4n) is 1.46. The third kappa shape index (κ3) is 0.973. The van der Waals surface area contributed by atoms with Crippen LogP contribution in [-0.4, -0.2) is 15.6 Å². The molecule has 0 saturated heterocycles.